The average molecular weight is 136 g/mol. The van der Waals surface area contributed by atoms with Gasteiger partial charge < -0.3 is 10.8 Å². The van der Waals surface area contributed by atoms with Crippen LogP contribution in [0.3, 0.4) is 0 Å². The molecule has 0 atom stereocenters. The van der Waals surface area contributed by atoms with Crippen molar-refractivity contribution in [2.75, 3.05) is 0 Å². The van der Waals surface area contributed by atoms with E-state index in [1.165, 1.54) is 12.4 Å². The Kier molecular flexibility index (Phi) is 2.00. The highest BCUT2D eigenvalue weighted by molar-refractivity contribution is 5.90. The summed E-state index contributed by atoms with van der Waals surface area (Å²) in [5.74, 6) is 0.633. The maximum Gasteiger partial charge on any atom is 0.0213 e. The van der Waals surface area contributed by atoms with Crippen molar-refractivity contribution in [2.45, 2.75) is 19.8 Å². The van der Waals surface area contributed by atoms with Crippen molar-refractivity contribution in [3.05, 3.63) is 11.1 Å². The summed E-state index contributed by atoms with van der Waals surface area (Å²) in [6, 6.07) is 0. The lowest BCUT2D eigenvalue weighted by atomic mass is 10.1. The van der Waals surface area contributed by atoms with E-state index in [9.17, 15) is 0 Å². The zero-order valence-electron chi connectivity index (χ0n) is 6.15. The largest absolute Gasteiger partial charge is 0.308 e. The molecular weight excluding hydrogens is 124 g/mol. The molecule has 0 fully saturated rings. The minimum atomic E-state index is 0.633. The van der Waals surface area contributed by atoms with Gasteiger partial charge in [0.05, 0.1) is 0 Å². The van der Waals surface area contributed by atoms with Crippen LogP contribution >= 0.6 is 0 Å². The second-order valence-corrected chi connectivity index (χ2v) is 2.85. The predicted octanol–water partition coefficient (Wildman–Crippen LogP) is 2.01. The summed E-state index contributed by atoms with van der Waals surface area (Å²) in [6.07, 6.45) is 4.72. The van der Waals surface area contributed by atoms with E-state index in [-0.39, 0.29) is 0 Å². The lowest BCUT2D eigenvalue weighted by molar-refractivity contribution is 0.630. The van der Waals surface area contributed by atoms with Gasteiger partial charge in [-0.05, 0) is 29.9 Å². The van der Waals surface area contributed by atoms with Crippen molar-refractivity contribution in [3.63, 3.8) is 0 Å². The molecule has 0 saturated heterocycles. The molecule has 10 heavy (non-hydrogen) atoms. The molecule has 0 aliphatic heterocycles. The minimum Gasteiger partial charge on any atom is -0.308 e. The molecule has 0 spiro atoms. The normalized spacial score (nSPS) is 25.1. The van der Waals surface area contributed by atoms with Gasteiger partial charge in [0.15, 0.2) is 0 Å². The van der Waals surface area contributed by atoms with Gasteiger partial charge >= 0.3 is 0 Å². The highest BCUT2D eigenvalue weighted by atomic mass is 14.4. The Balaban J connectivity index is 2.80. The van der Waals surface area contributed by atoms with Crippen LogP contribution in [0.5, 0.6) is 0 Å². The van der Waals surface area contributed by atoms with Crippen LogP contribution in [0.4, 0.5) is 0 Å². The number of allylic oxidation sites excluding steroid dienone is 2. The van der Waals surface area contributed by atoms with E-state index >= 15 is 0 Å². The third kappa shape index (κ3) is 1.15. The van der Waals surface area contributed by atoms with Crippen LogP contribution < -0.4 is 0 Å². The first-order valence-electron chi connectivity index (χ1n) is 3.51. The maximum absolute atomic E-state index is 7.04. The molecule has 0 radical (unpaired) electrons. The monoisotopic (exact) mass is 136 g/mol. The Morgan fingerprint density at radius 3 is 1.90 bits per heavy atom. The Labute approximate surface area is 61.0 Å². The van der Waals surface area contributed by atoms with Crippen molar-refractivity contribution in [1.29, 1.82) is 10.8 Å². The van der Waals surface area contributed by atoms with Crippen LogP contribution in [0, 0.1) is 16.7 Å². The van der Waals surface area contributed by atoms with Crippen molar-refractivity contribution >= 4 is 12.4 Å². The Morgan fingerprint density at radius 2 is 1.60 bits per heavy atom. The molecule has 0 unspecified atom stereocenters. The third-order valence-electron chi connectivity index (χ3n) is 1.90. The second-order valence-electron chi connectivity index (χ2n) is 2.85. The number of rotatable bonds is 2. The molecule has 2 nitrogen and oxygen atoms in total. The highest BCUT2D eigenvalue weighted by Crippen LogP contribution is 2.28. The van der Waals surface area contributed by atoms with E-state index in [1.54, 1.807) is 0 Å². The molecule has 0 aromatic rings. The molecule has 0 aromatic carbocycles. The molecule has 2 heteroatoms. The van der Waals surface area contributed by atoms with Crippen molar-refractivity contribution in [3.8, 4) is 0 Å². The smallest absolute Gasteiger partial charge is 0.0213 e. The first-order valence-corrected chi connectivity index (χ1v) is 3.51. The molecule has 1 aliphatic rings. The third-order valence-corrected chi connectivity index (χ3v) is 1.90. The topological polar surface area (TPSA) is 47.7 Å². The van der Waals surface area contributed by atoms with E-state index in [0.29, 0.717) is 5.92 Å². The summed E-state index contributed by atoms with van der Waals surface area (Å²) in [5, 5.41) is 14.1. The van der Waals surface area contributed by atoms with Crippen LogP contribution in [0.2, 0.25) is 0 Å². The summed E-state index contributed by atoms with van der Waals surface area (Å²) >= 11 is 0. The predicted molar refractivity (Wildman–Crippen MR) is 43.0 cm³/mol. The van der Waals surface area contributed by atoms with E-state index in [1.807, 2.05) is 0 Å². The first-order chi connectivity index (χ1) is 4.77. The molecule has 1 rings (SSSR count). The minimum absolute atomic E-state index is 0.633. The lowest BCUT2D eigenvalue weighted by Gasteiger charge is -1.95. The van der Waals surface area contributed by atoms with E-state index in [2.05, 4.69) is 6.92 Å². The Hall–Kier alpha value is -0.920. The lowest BCUT2D eigenvalue weighted by Crippen LogP contribution is -1.85. The van der Waals surface area contributed by atoms with Gasteiger partial charge in [0.2, 0.25) is 0 Å². The van der Waals surface area contributed by atoms with Gasteiger partial charge in [0.25, 0.3) is 0 Å². The summed E-state index contributed by atoms with van der Waals surface area (Å²) in [4.78, 5) is 0. The standard InChI is InChI=1S/C8H12N2/c1-6-2-7(4-9)8(3-6)5-10/h4-6,9-10H,2-3H2,1H3. The van der Waals surface area contributed by atoms with Crippen LogP contribution in [-0.4, -0.2) is 12.4 Å². The summed E-state index contributed by atoms with van der Waals surface area (Å²) in [5.41, 5.74) is 2.09. The fourth-order valence-corrected chi connectivity index (χ4v) is 1.39. The number of hydrogen-bond acceptors (Lipinski definition) is 2. The quantitative estimate of drug-likeness (QED) is 0.545. The van der Waals surface area contributed by atoms with E-state index in [4.69, 9.17) is 10.8 Å². The summed E-state index contributed by atoms with van der Waals surface area (Å²) in [6.45, 7) is 2.15. The molecule has 1 aliphatic carbocycles. The fourth-order valence-electron chi connectivity index (χ4n) is 1.39. The Bertz CT molecular complexity index is 171. The maximum atomic E-state index is 7.04. The van der Waals surface area contributed by atoms with E-state index < -0.39 is 0 Å². The molecule has 54 valence electrons. The molecule has 0 saturated carbocycles. The number of hydrogen-bond donors (Lipinski definition) is 2. The van der Waals surface area contributed by atoms with Crippen LogP contribution in [0.1, 0.15) is 19.8 Å². The van der Waals surface area contributed by atoms with Gasteiger partial charge in [-0.3, -0.25) is 0 Å². The SMILES string of the molecule is CC1CC(C=N)=C(C=N)C1. The summed E-state index contributed by atoms with van der Waals surface area (Å²) < 4.78 is 0. The zero-order valence-corrected chi connectivity index (χ0v) is 6.15. The van der Waals surface area contributed by atoms with Crippen molar-refractivity contribution < 1.29 is 0 Å². The highest BCUT2D eigenvalue weighted by Gasteiger charge is 2.17. The number of nitrogens with one attached hydrogen (secondary N) is 2. The van der Waals surface area contributed by atoms with Crippen LogP contribution in [0.25, 0.3) is 0 Å². The van der Waals surface area contributed by atoms with Gasteiger partial charge in [0.1, 0.15) is 0 Å². The molecule has 0 heterocycles. The van der Waals surface area contributed by atoms with Crippen LogP contribution in [0.15, 0.2) is 11.1 Å². The molecule has 0 amide bonds. The Morgan fingerprint density at radius 1 is 1.20 bits per heavy atom. The molecule has 2 N–H and O–H groups in total. The van der Waals surface area contributed by atoms with Gasteiger partial charge in [-0.1, -0.05) is 6.92 Å². The fraction of sp³-hybridized carbons (Fsp3) is 0.500. The average Bonchev–Trinajstić information content (AvgIpc) is 2.30. The van der Waals surface area contributed by atoms with Crippen LogP contribution in [-0.2, 0) is 0 Å². The first kappa shape index (κ1) is 7.19. The van der Waals surface area contributed by atoms with Crippen molar-refractivity contribution in [2.24, 2.45) is 5.92 Å². The zero-order chi connectivity index (χ0) is 7.56. The molecule has 0 aromatic heterocycles. The van der Waals surface area contributed by atoms with Gasteiger partial charge in [0, 0.05) is 12.4 Å². The van der Waals surface area contributed by atoms with Gasteiger partial charge in [-0.2, -0.15) is 0 Å². The van der Waals surface area contributed by atoms with Gasteiger partial charge in [-0.15, -0.1) is 0 Å². The van der Waals surface area contributed by atoms with Crippen molar-refractivity contribution in [1.82, 2.24) is 0 Å². The molecular formula is C8H12N2. The molecule has 0 bridgehead atoms. The van der Waals surface area contributed by atoms with Gasteiger partial charge in [-0.25, -0.2) is 0 Å². The second kappa shape index (κ2) is 2.78. The summed E-state index contributed by atoms with van der Waals surface area (Å²) in [7, 11) is 0. The van der Waals surface area contributed by atoms with E-state index in [0.717, 1.165) is 24.0 Å².